The lowest BCUT2D eigenvalue weighted by molar-refractivity contribution is 0.587. The van der Waals surface area contributed by atoms with Crippen LogP contribution in [0.1, 0.15) is 19.8 Å². The van der Waals surface area contributed by atoms with E-state index in [-0.39, 0.29) is 5.56 Å². The molecule has 5 heteroatoms. The van der Waals surface area contributed by atoms with Crippen molar-refractivity contribution in [2.45, 2.75) is 26.3 Å². The van der Waals surface area contributed by atoms with Crippen LogP contribution in [0.5, 0.6) is 0 Å². The molecule has 0 bridgehead atoms. The Morgan fingerprint density at radius 3 is 2.95 bits per heavy atom. The fraction of sp³-hybridized carbons (Fsp3) is 0.429. The van der Waals surface area contributed by atoms with Gasteiger partial charge >= 0.3 is 0 Å². The van der Waals surface area contributed by atoms with Gasteiger partial charge in [0.25, 0.3) is 0 Å². The highest BCUT2D eigenvalue weighted by Crippen LogP contribution is 1.92. The first-order valence-corrected chi connectivity index (χ1v) is 6.43. The van der Waals surface area contributed by atoms with E-state index in [4.69, 9.17) is 5.73 Å². The molecule has 0 saturated carbocycles. The van der Waals surface area contributed by atoms with Crippen molar-refractivity contribution in [2.75, 3.05) is 13.1 Å². The van der Waals surface area contributed by atoms with E-state index in [0.29, 0.717) is 12.5 Å². The molecule has 0 aromatic carbocycles. The molecule has 0 aliphatic rings. The second-order valence-corrected chi connectivity index (χ2v) is 4.52. The van der Waals surface area contributed by atoms with Crippen LogP contribution in [-0.2, 0) is 6.54 Å². The molecule has 1 aromatic rings. The smallest absolute Gasteiger partial charge is 0.250 e. The lowest BCUT2D eigenvalue weighted by Crippen LogP contribution is -2.32. The Hall–Kier alpha value is -2.04. The Bertz CT molecular complexity index is 490. The van der Waals surface area contributed by atoms with Crippen molar-refractivity contribution >= 4 is 5.96 Å². The van der Waals surface area contributed by atoms with Crippen LogP contribution in [0.3, 0.4) is 0 Å². The number of nitrogens with zero attached hydrogens (tertiary/aromatic N) is 2. The van der Waals surface area contributed by atoms with Gasteiger partial charge in [0.2, 0.25) is 5.56 Å². The lowest BCUT2D eigenvalue weighted by Gasteiger charge is -2.07. The maximum absolute atomic E-state index is 11.4. The molecule has 3 N–H and O–H groups in total. The summed E-state index contributed by atoms with van der Waals surface area (Å²) in [5.41, 5.74) is 6.70. The molecular formula is C14H22N4O. The molecule has 1 rings (SSSR count). The lowest BCUT2D eigenvalue weighted by atomic mass is 10.3. The molecule has 0 aliphatic heterocycles. The summed E-state index contributed by atoms with van der Waals surface area (Å²) in [5.74, 6) is 0.444. The molecule has 0 fully saturated rings. The van der Waals surface area contributed by atoms with Gasteiger partial charge in [-0.25, -0.2) is 4.99 Å². The van der Waals surface area contributed by atoms with Gasteiger partial charge in [0.05, 0.1) is 6.54 Å². The molecule has 104 valence electrons. The van der Waals surface area contributed by atoms with Crippen LogP contribution in [0.2, 0.25) is 0 Å². The molecule has 0 unspecified atom stereocenters. The average molecular weight is 262 g/mol. The Morgan fingerprint density at radius 1 is 1.47 bits per heavy atom. The van der Waals surface area contributed by atoms with Crippen molar-refractivity contribution in [3.63, 3.8) is 0 Å². The summed E-state index contributed by atoms with van der Waals surface area (Å²) in [6.07, 6.45) is 3.66. The quantitative estimate of drug-likeness (QED) is 0.334. The zero-order valence-electron chi connectivity index (χ0n) is 11.4. The zero-order valence-corrected chi connectivity index (χ0v) is 11.4. The van der Waals surface area contributed by atoms with Crippen molar-refractivity contribution in [2.24, 2.45) is 10.7 Å². The Kier molecular flexibility index (Phi) is 6.43. The third-order valence-corrected chi connectivity index (χ3v) is 2.55. The number of hydrogen-bond acceptors (Lipinski definition) is 2. The van der Waals surface area contributed by atoms with Crippen LogP contribution in [-0.4, -0.2) is 23.6 Å². The minimum Gasteiger partial charge on any atom is -0.370 e. The van der Waals surface area contributed by atoms with Crippen LogP contribution >= 0.6 is 0 Å². The SMILES string of the molecule is C=C(C)CN=C(N)NCCCCn1ccccc1=O. The summed E-state index contributed by atoms with van der Waals surface area (Å²) in [5, 5.41) is 3.04. The first-order chi connectivity index (χ1) is 9.09. The van der Waals surface area contributed by atoms with Gasteiger partial charge in [0, 0.05) is 25.4 Å². The largest absolute Gasteiger partial charge is 0.370 e. The number of nitrogens with one attached hydrogen (secondary N) is 1. The van der Waals surface area contributed by atoms with Crippen LogP contribution in [0.25, 0.3) is 0 Å². The van der Waals surface area contributed by atoms with Crippen LogP contribution in [0, 0.1) is 0 Å². The van der Waals surface area contributed by atoms with E-state index in [1.807, 2.05) is 13.0 Å². The number of rotatable bonds is 7. The number of nitrogens with two attached hydrogens (primary N) is 1. The number of aliphatic imine (C=N–C) groups is 1. The highest BCUT2D eigenvalue weighted by atomic mass is 16.1. The first kappa shape index (κ1) is 15.0. The summed E-state index contributed by atoms with van der Waals surface area (Å²) in [6, 6.07) is 5.18. The Morgan fingerprint density at radius 2 is 2.26 bits per heavy atom. The number of aromatic nitrogens is 1. The highest BCUT2D eigenvalue weighted by molar-refractivity contribution is 5.77. The van der Waals surface area contributed by atoms with Gasteiger partial charge < -0.3 is 15.6 Å². The summed E-state index contributed by atoms with van der Waals surface area (Å²) >= 11 is 0. The fourth-order valence-corrected chi connectivity index (χ4v) is 1.55. The van der Waals surface area contributed by atoms with Gasteiger partial charge in [-0.1, -0.05) is 18.2 Å². The van der Waals surface area contributed by atoms with Crippen molar-refractivity contribution in [1.82, 2.24) is 9.88 Å². The van der Waals surface area contributed by atoms with Crippen molar-refractivity contribution in [3.8, 4) is 0 Å². The Labute approximate surface area is 113 Å². The molecule has 0 atom stereocenters. The first-order valence-electron chi connectivity index (χ1n) is 6.43. The molecule has 5 nitrogen and oxygen atoms in total. The van der Waals surface area contributed by atoms with Crippen molar-refractivity contribution in [1.29, 1.82) is 0 Å². The van der Waals surface area contributed by atoms with Gasteiger partial charge in [-0.15, -0.1) is 0 Å². The monoisotopic (exact) mass is 262 g/mol. The van der Waals surface area contributed by atoms with Crippen LogP contribution in [0.15, 0.2) is 46.3 Å². The number of aryl methyl sites for hydroxylation is 1. The average Bonchev–Trinajstić information content (AvgIpc) is 2.38. The van der Waals surface area contributed by atoms with E-state index >= 15 is 0 Å². The number of guanidine groups is 1. The molecule has 0 spiro atoms. The fourth-order valence-electron chi connectivity index (χ4n) is 1.55. The van der Waals surface area contributed by atoms with E-state index in [2.05, 4.69) is 16.9 Å². The second-order valence-electron chi connectivity index (χ2n) is 4.52. The maximum Gasteiger partial charge on any atom is 0.250 e. The predicted octanol–water partition coefficient (Wildman–Crippen LogP) is 1.11. The van der Waals surface area contributed by atoms with E-state index in [1.54, 1.807) is 22.9 Å². The molecule has 1 heterocycles. The van der Waals surface area contributed by atoms with Crippen LogP contribution in [0.4, 0.5) is 0 Å². The third kappa shape index (κ3) is 6.45. The molecule has 0 aliphatic carbocycles. The summed E-state index contributed by atoms with van der Waals surface area (Å²) in [6.45, 7) is 7.70. The standard InChI is InChI=1S/C14H22N4O/c1-12(2)11-17-14(15)16-8-4-6-10-18-9-5-3-7-13(18)19/h3,5,7,9H,1,4,6,8,10-11H2,2H3,(H3,15,16,17). The molecule has 1 aromatic heterocycles. The van der Waals surface area contributed by atoms with E-state index < -0.39 is 0 Å². The number of hydrogen-bond donors (Lipinski definition) is 2. The zero-order chi connectivity index (χ0) is 14.1. The van der Waals surface area contributed by atoms with E-state index in [9.17, 15) is 4.79 Å². The van der Waals surface area contributed by atoms with Gasteiger partial charge in [-0.2, -0.15) is 0 Å². The predicted molar refractivity (Wildman–Crippen MR) is 79.2 cm³/mol. The van der Waals surface area contributed by atoms with Gasteiger partial charge in [0.15, 0.2) is 5.96 Å². The van der Waals surface area contributed by atoms with Crippen molar-refractivity contribution in [3.05, 3.63) is 46.9 Å². The van der Waals surface area contributed by atoms with Crippen molar-refractivity contribution < 1.29 is 0 Å². The summed E-state index contributed by atoms with van der Waals surface area (Å²) < 4.78 is 1.71. The van der Waals surface area contributed by atoms with Gasteiger partial charge in [-0.05, 0) is 25.8 Å². The topological polar surface area (TPSA) is 72.4 Å². The molecule has 19 heavy (non-hydrogen) atoms. The van der Waals surface area contributed by atoms with Gasteiger partial charge in [-0.3, -0.25) is 4.79 Å². The number of unbranched alkanes of at least 4 members (excludes halogenated alkanes) is 1. The number of pyridine rings is 1. The molecular weight excluding hydrogens is 240 g/mol. The molecule has 0 amide bonds. The van der Waals surface area contributed by atoms with Gasteiger partial charge in [0.1, 0.15) is 0 Å². The second kappa shape index (κ2) is 8.13. The van der Waals surface area contributed by atoms with Crippen LogP contribution < -0.4 is 16.6 Å². The maximum atomic E-state index is 11.4. The highest BCUT2D eigenvalue weighted by Gasteiger charge is 1.95. The Balaban J connectivity index is 2.18. The summed E-state index contributed by atoms with van der Waals surface area (Å²) in [7, 11) is 0. The molecule has 0 saturated heterocycles. The molecule has 0 radical (unpaired) electrons. The minimum atomic E-state index is 0.0398. The minimum absolute atomic E-state index is 0.0398. The van der Waals surface area contributed by atoms with E-state index in [0.717, 1.165) is 31.5 Å². The van der Waals surface area contributed by atoms with E-state index in [1.165, 1.54) is 0 Å². The third-order valence-electron chi connectivity index (χ3n) is 2.55. The summed E-state index contributed by atoms with van der Waals surface area (Å²) in [4.78, 5) is 15.6. The normalized spacial score (nSPS) is 11.3.